The van der Waals surface area contributed by atoms with E-state index < -0.39 is 6.04 Å². The van der Waals surface area contributed by atoms with Crippen LogP contribution in [0, 0.1) is 0 Å². The van der Waals surface area contributed by atoms with Crippen LogP contribution in [0.4, 0.5) is 0 Å². The Morgan fingerprint density at radius 1 is 1.12 bits per heavy atom. The predicted octanol–water partition coefficient (Wildman–Crippen LogP) is 5.61. The van der Waals surface area contributed by atoms with E-state index in [0.29, 0.717) is 27.9 Å². The smallest absolute Gasteiger partial charge is 0.261 e. The first-order valence-electron chi connectivity index (χ1n) is 10.8. The monoisotopic (exact) mass is 478 g/mol. The van der Waals surface area contributed by atoms with Crippen molar-refractivity contribution in [3.63, 3.8) is 0 Å². The average molecular weight is 479 g/mol. The maximum atomic E-state index is 13.2. The normalized spacial score (nSPS) is 12.2. The van der Waals surface area contributed by atoms with Gasteiger partial charge in [-0.3, -0.25) is 9.59 Å². The van der Waals surface area contributed by atoms with Crippen molar-refractivity contribution in [1.82, 2.24) is 10.2 Å². The van der Waals surface area contributed by atoms with Crippen molar-refractivity contribution >= 4 is 35.0 Å². The third-order valence-corrected chi connectivity index (χ3v) is 5.71. The molecule has 0 aromatic heterocycles. The van der Waals surface area contributed by atoms with Gasteiger partial charge >= 0.3 is 0 Å². The van der Waals surface area contributed by atoms with Crippen molar-refractivity contribution in [3.8, 4) is 5.75 Å². The number of halogens is 2. The zero-order valence-electron chi connectivity index (χ0n) is 19.4. The van der Waals surface area contributed by atoms with E-state index in [1.807, 2.05) is 31.2 Å². The molecule has 0 saturated carbocycles. The largest absolute Gasteiger partial charge is 0.483 e. The van der Waals surface area contributed by atoms with Crippen LogP contribution in [0.1, 0.15) is 52.2 Å². The van der Waals surface area contributed by atoms with Gasteiger partial charge in [0, 0.05) is 23.1 Å². The van der Waals surface area contributed by atoms with Gasteiger partial charge in [0.05, 0.1) is 0 Å². The van der Waals surface area contributed by atoms with Crippen LogP contribution in [0.3, 0.4) is 0 Å². The molecule has 0 aliphatic rings. The van der Waals surface area contributed by atoms with Crippen molar-refractivity contribution in [2.45, 2.75) is 59.0 Å². The number of nitrogens with zero attached hydrogens (tertiary/aromatic N) is 1. The van der Waals surface area contributed by atoms with Gasteiger partial charge in [0.1, 0.15) is 11.8 Å². The highest BCUT2D eigenvalue weighted by Gasteiger charge is 2.27. The molecule has 0 aliphatic carbocycles. The summed E-state index contributed by atoms with van der Waals surface area (Å²) in [5.41, 5.74) is 1.58. The Labute approximate surface area is 201 Å². The van der Waals surface area contributed by atoms with Crippen LogP contribution >= 0.6 is 23.2 Å². The second-order valence-electron chi connectivity index (χ2n) is 8.76. The molecule has 1 N–H and O–H groups in total. The van der Waals surface area contributed by atoms with E-state index in [-0.39, 0.29) is 30.4 Å². The molecule has 0 fully saturated rings. The molecule has 0 spiro atoms. The number of hydrogen-bond donors (Lipinski definition) is 1. The minimum absolute atomic E-state index is 0.135. The third-order valence-electron chi connectivity index (χ3n) is 5.12. The Hall–Kier alpha value is -2.24. The van der Waals surface area contributed by atoms with E-state index in [9.17, 15) is 9.59 Å². The number of rotatable bonds is 9. The van der Waals surface area contributed by atoms with Crippen LogP contribution in [-0.2, 0) is 21.5 Å². The Bertz CT molecular complexity index is 941. The highest BCUT2D eigenvalue weighted by Crippen LogP contribution is 2.31. The highest BCUT2D eigenvalue weighted by molar-refractivity contribution is 6.35. The Kier molecular flexibility index (Phi) is 9.41. The summed E-state index contributed by atoms with van der Waals surface area (Å²) in [5, 5.41) is 3.80. The Morgan fingerprint density at radius 3 is 2.44 bits per heavy atom. The maximum absolute atomic E-state index is 13.2. The molecular formula is C25H32Cl2N2O3. The molecule has 32 heavy (non-hydrogen) atoms. The van der Waals surface area contributed by atoms with Gasteiger partial charge in [-0.25, -0.2) is 0 Å². The first-order chi connectivity index (χ1) is 15.0. The van der Waals surface area contributed by atoms with Gasteiger partial charge in [-0.05, 0) is 48.1 Å². The Morgan fingerprint density at radius 2 is 1.81 bits per heavy atom. The molecule has 0 bridgehead atoms. The lowest BCUT2D eigenvalue weighted by atomic mass is 9.86. The summed E-state index contributed by atoms with van der Waals surface area (Å²) >= 11 is 12.3. The Balaban J connectivity index is 2.24. The number of carbonyl (C=O) groups excluding carboxylic acids is 2. The van der Waals surface area contributed by atoms with E-state index in [1.165, 1.54) is 4.90 Å². The summed E-state index contributed by atoms with van der Waals surface area (Å²) in [6.45, 7) is 10.5. The van der Waals surface area contributed by atoms with Gasteiger partial charge < -0.3 is 15.0 Å². The second kappa shape index (κ2) is 11.6. The van der Waals surface area contributed by atoms with Crippen molar-refractivity contribution in [2.75, 3.05) is 13.2 Å². The molecule has 0 unspecified atom stereocenters. The third kappa shape index (κ3) is 7.14. The summed E-state index contributed by atoms with van der Waals surface area (Å²) in [6.07, 6.45) is 0.808. The molecule has 2 amide bonds. The van der Waals surface area contributed by atoms with E-state index in [1.54, 1.807) is 25.1 Å². The zero-order valence-corrected chi connectivity index (χ0v) is 20.9. The molecule has 5 nitrogen and oxygen atoms in total. The fourth-order valence-electron chi connectivity index (χ4n) is 3.25. The fraction of sp³-hybridized carbons (Fsp3) is 0.440. The number of benzene rings is 2. The molecule has 2 rings (SSSR count). The number of ether oxygens (including phenoxy) is 1. The standard InChI is InChI=1S/C25H32Cl2N2O3/c1-6-13-28-24(31)17(2)29(15-18-11-12-19(26)14-21(18)27)23(30)16-32-22-10-8-7-9-20(22)25(3,4)5/h7-12,14,17H,6,13,15-16H2,1-5H3,(H,28,31)/t17-/m1/s1. The molecule has 174 valence electrons. The van der Waals surface area contributed by atoms with Gasteiger partial charge in [-0.15, -0.1) is 0 Å². The van der Waals surface area contributed by atoms with E-state index >= 15 is 0 Å². The average Bonchev–Trinajstić information content (AvgIpc) is 2.74. The quantitative estimate of drug-likeness (QED) is 0.509. The van der Waals surface area contributed by atoms with Crippen molar-refractivity contribution in [2.24, 2.45) is 0 Å². The molecule has 2 aromatic carbocycles. The van der Waals surface area contributed by atoms with Gasteiger partial charge in [-0.2, -0.15) is 0 Å². The maximum Gasteiger partial charge on any atom is 0.261 e. The minimum atomic E-state index is -0.692. The number of nitrogens with one attached hydrogen (secondary N) is 1. The van der Waals surface area contributed by atoms with Crippen LogP contribution in [0.15, 0.2) is 42.5 Å². The van der Waals surface area contributed by atoms with Crippen molar-refractivity contribution in [1.29, 1.82) is 0 Å². The van der Waals surface area contributed by atoms with Crippen LogP contribution in [0.25, 0.3) is 0 Å². The summed E-state index contributed by atoms with van der Waals surface area (Å²) in [6, 6.07) is 12.1. The van der Waals surface area contributed by atoms with Gasteiger partial charge in [-0.1, -0.05) is 75.2 Å². The SMILES string of the molecule is CCCNC(=O)[C@@H](C)N(Cc1ccc(Cl)cc1Cl)C(=O)COc1ccccc1C(C)(C)C. The lowest BCUT2D eigenvalue weighted by Crippen LogP contribution is -2.49. The minimum Gasteiger partial charge on any atom is -0.483 e. The summed E-state index contributed by atoms with van der Waals surface area (Å²) in [4.78, 5) is 27.4. The number of amides is 2. The molecule has 0 aliphatic heterocycles. The molecule has 7 heteroatoms. The van der Waals surface area contributed by atoms with Crippen LogP contribution in [-0.4, -0.2) is 35.9 Å². The molecule has 0 saturated heterocycles. The number of hydrogen-bond acceptors (Lipinski definition) is 3. The van der Waals surface area contributed by atoms with E-state index in [0.717, 1.165) is 12.0 Å². The lowest BCUT2D eigenvalue weighted by Gasteiger charge is -2.29. The van der Waals surface area contributed by atoms with E-state index in [4.69, 9.17) is 27.9 Å². The highest BCUT2D eigenvalue weighted by atomic mass is 35.5. The lowest BCUT2D eigenvalue weighted by molar-refractivity contribution is -0.142. The van der Waals surface area contributed by atoms with Crippen LogP contribution in [0.2, 0.25) is 10.0 Å². The fourth-order valence-corrected chi connectivity index (χ4v) is 3.71. The molecule has 2 aromatic rings. The van der Waals surface area contributed by atoms with Crippen molar-refractivity contribution in [3.05, 3.63) is 63.6 Å². The molecule has 0 heterocycles. The predicted molar refractivity (Wildman–Crippen MR) is 130 cm³/mol. The van der Waals surface area contributed by atoms with Crippen molar-refractivity contribution < 1.29 is 14.3 Å². The zero-order chi connectivity index (χ0) is 23.9. The number of para-hydroxylation sites is 1. The molecule has 1 atom stereocenters. The van der Waals surface area contributed by atoms with Crippen LogP contribution in [0.5, 0.6) is 5.75 Å². The summed E-state index contributed by atoms with van der Waals surface area (Å²) in [5.74, 6) is 0.125. The number of carbonyl (C=O) groups is 2. The molecule has 0 radical (unpaired) electrons. The first-order valence-corrected chi connectivity index (χ1v) is 11.5. The van der Waals surface area contributed by atoms with E-state index in [2.05, 4.69) is 26.1 Å². The second-order valence-corrected chi connectivity index (χ2v) is 9.60. The molecular weight excluding hydrogens is 447 g/mol. The van der Waals surface area contributed by atoms with Gasteiger partial charge in [0.15, 0.2) is 6.61 Å². The topological polar surface area (TPSA) is 58.6 Å². The van der Waals surface area contributed by atoms with Gasteiger partial charge in [0.25, 0.3) is 5.91 Å². The van der Waals surface area contributed by atoms with Gasteiger partial charge in [0.2, 0.25) is 5.91 Å². The van der Waals surface area contributed by atoms with Crippen LogP contribution < -0.4 is 10.1 Å². The summed E-state index contributed by atoms with van der Waals surface area (Å²) in [7, 11) is 0. The first kappa shape index (κ1) is 26.0. The summed E-state index contributed by atoms with van der Waals surface area (Å²) < 4.78 is 5.93.